The van der Waals surface area contributed by atoms with Crippen LogP contribution in [0, 0.1) is 0 Å². The minimum absolute atomic E-state index is 0.163. The van der Waals surface area contributed by atoms with Gasteiger partial charge in [0.05, 0.1) is 15.6 Å². The molecule has 2 nitrogen and oxygen atoms in total. The molecule has 0 aromatic carbocycles. The fourth-order valence-corrected chi connectivity index (χ4v) is 1.15. The highest BCUT2D eigenvalue weighted by Gasteiger charge is 2.35. The Balaban J connectivity index is 4.23. The second-order valence-electron chi connectivity index (χ2n) is 1.99. The molecule has 0 saturated carbocycles. The van der Waals surface area contributed by atoms with E-state index in [9.17, 15) is 13.2 Å². The maximum absolute atomic E-state index is 12.2. The average Bonchev–Trinajstić information content (AvgIpc) is 1.94. The number of rotatable bonds is 4. The van der Waals surface area contributed by atoms with E-state index < -0.39 is 18.4 Å². The third-order valence-corrected chi connectivity index (χ3v) is 1.98. The summed E-state index contributed by atoms with van der Waals surface area (Å²) < 4.78 is 45.3. The summed E-state index contributed by atoms with van der Waals surface area (Å²) in [4.78, 5) is 0. The van der Waals surface area contributed by atoms with Gasteiger partial charge in [0, 0.05) is 7.11 Å². The number of alkyl halides is 3. The van der Waals surface area contributed by atoms with E-state index in [1.54, 1.807) is 0 Å². The standard InChI is InChI=1S/C6H7Br2F3O2/c1-12-3-13-2-4(5(7)8)6(9,10)11/h2-3H2,1H3. The zero-order valence-electron chi connectivity index (χ0n) is 6.62. The van der Waals surface area contributed by atoms with Gasteiger partial charge in [-0.3, -0.25) is 0 Å². The predicted molar refractivity (Wildman–Crippen MR) is 48.8 cm³/mol. The minimum Gasteiger partial charge on any atom is -0.359 e. The van der Waals surface area contributed by atoms with Crippen molar-refractivity contribution in [2.75, 3.05) is 20.5 Å². The van der Waals surface area contributed by atoms with E-state index in [4.69, 9.17) is 0 Å². The largest absolute Gasteiger partial charge is 0.416 e. The fraction of sp³-hybridized carbons (Fsp3) is 0.667. The van der Waals surface area contributed by atoms with Gasteiger partial charge in [-0.2, -0.15) is 13.2 Å². The van der Waals surface area contributed by atoms with Gasteiger partial charge >= 0.3 is 6.18 Å². The van der Waals surface area contributed by atoms with Gasteiger partial charge in [-0.15, -0.1) is 0 Å². The van der Waals surface area contributed by atoms with Gasteiger partial charge in [0.15, 0.2) is 0 Å². The molecule has 7 heteroatoms. The molecule has 0 saturated heterocycles. The van der Waals surface area contributed by atoms with Gasteiger partial charge < -0.3 is 9.47 Å². The summed E-state index contributed by atoms with van der Waals surface area (Å²) in [5.41, 5.74) is -0.815. The van der Waals surface area contributed by atoms with E-state index in [-0.39, 0.29) is 10.2 Å². The normalized spacial score (nSPS) is 11.5. The molecule has 0 aliphatic carbocycles. The second kappa shape index (κ2) is 6.00. The zero-order chi connectivity index (χ0) is 10.5. The van der Waals surface area contributed by atoms with Crippen LogP contribution in [0.4, 0.5) is 13.2 Å². The summed E-state index contributed by atoms with van der Waals surface area (Å²) in [6, 6.07) is 0. The Morgan fingerprint density at radius 1 is 1.31 bits per heavy atom. The highest BCUT2D eigenvalue weighted by molar-refractivity contribution is 9.28. The number of hydrogen-bond donors (Lipinski definition) is 0. The van der Waals surface area contributed by atoms with E-state index >= 15 is 0 Å². The maximum atomic E-state index is 12.2. The SMILES string of the molecule is COCOCC(=C(Br)Br)C(F)(F)F. The van der Waals surface area contributed by atoms with Crippen molar-refractivity contribution in [3.63, 3.8) is 0 Å². The highest BCUT2D eigenvalue weighted by atomic mass is 79.9. The van der Waals surface area contributed by atoms with Crippen molar-refractivity contribution in [3.8, 4) is 0 Å². The molecule has 0 bridgehead atoms. The fourth-order valence-electron chi connectivity index (χ4n) is 0.471. The molecule has 0 amide bonds. The topological polar surface area (TPSA) is 18.5 Å². The third kappa shape index (κ3) is 5.66. The Hall–Kier alpha value is 0.410. The van der Waals surface area contributed by atoms with E-state index in [1.165, 1.54) is 7.11 Å². The molecule has 0 atom stereocenters. The molecule has 0 fully saturated rings. The van der Waals surface area contributed by atoms with Crippen LogP contribution < -0.4 is 0 Å². The molecule has 0 N–H and O–H groups in total. The van der Waals surface area contributed by atoms with Crippen molar-refractivity contribution in [1.82, 2.24) is 0 Å². The molecule has 0 radical (unpaired) electrons. The molecular weight excluding hydrogens is 321 g/mol. The summed E-state index contributed by atoms with van der Waals surface area (Å²) in [6.07, 6.45) is -4.41. The molecule has 78 valence electrons. The van der Waals surface area contributed by atoms with Crippen LogP contribution in [0.2, 0.25) is 0 Å². The summed E-state index contributed by atoms with van der Waals surface area (Å²) in [5, 5.41) is 0. The Morgan fingerprint density at radius 2 is 1.85 bits per heavy atom. The third-order valence-electron chi connectivity index (χ3n) is 1.02. The van der Waals surface area contributed by atoms with Gasteiger partial charge in [-0.05, 0) is 31.9 Å². The van der Waals surface area contributed by atoms with Gasteiger partial charge in [-0.1, -0.05) is 0 Å². The van der Waals surface area contributed by atoms with Gasteiger partial charge in [0.25, 0.3) is 0 Å². The van der Waals surface area contributed by atoms with Crippen molar-refractivity contribution in [3.05, 3.63) is 8.96 Å². The minimum atomic E-state index is -4.41. The Bertz CT molecular complexity index is 187. The Labute approximate surface area is 90.3 Å². The first kappa shape index (κ1) is 13.4. The summed E-state index contributed by atoms with van der Waals surface area (Å²) in [6.45, 7) is -0.726. The molecule has 0 aromatic heterocycles. The average molecular weight is 328 g/mol. The van der Waals surface area contributed by atoms with Crippen LogP contribution in [-0.4, -0.2) is 26.7 Å². The molecule has 0 rings (SSSR count). The first-order valence-electron chi connectivity index (χ1n) is 3.07. The molecule has 0 aliphatic rings. The van der Waals surface area contributed by atoms with Gasteiger partial charge in [0.2, 0.25) is 0 Å². The summed E-state index contributed by atoms with van der Waals surface area (Å²) >= 11 is 5.37. The van der Waals surface area contributed by atoms with E-state index in [0.29, 0.717) is 0 Å². The quantitative estimate of drug-likeness (QED) is 0.583. The zero-order valence-corrected chi connectivity index (χ0v) is 9.79. The molecule has 0 unspecified atom stereocenters. The van der Waals surface area contributed by atoms with Crippen molar-refractivity contribution < 1.29 is 22.6 Å². The lowest BCUT2D eigenvalue weighted by atomic mass is 10.3. The van der Waals surface area contributed by atoms with Crippen LogP contribution in [0.5, 0.6) is 0 Å². The Morgan fingerprint density at radius 3 is 2.15 bits per heavy atom. The molecule has 0 spiro atoms. The van der Waals surface area contributed by atoms with Crippen LogP contribution in [0.1, 0.15) is 0 Å². The lowest BCUT2D eigenvalue weighted by Gasteiger charge is -2.11. The lowest BCUT2D eigenvalue weighted by Crippen LogP contribution is -2.17. The van der Waals surface area contributed by atoms with E-state index in [2.05, 4.69) is 41.3 Å². The molecule has 0 heterocycles. The smallest absolute Gasteiger partial charge is 0.359 e. The number of hydrogen-bond acceptors (Lipinski definition) is 2. The van der Waals surface area contributed by atoms with Crippen LogP contribution >= 0.6 is 31.9 Å². The summed E-state index contributed by atoms with van der Waals surface area (Å²) in [5.74, 6) is 0. The predicted octanol–water partition coefficient (Wildman–Crippen LogP) is 3.17. The number of ether oxygens (including phenoxy) is 2. The summed E-state index contributed by atoms with van der Waals surface area (Å²) in [7, 11) is 1.33. The van der Waals surface area contributed by atoms with Crippen molar-refractivity contribution in [2.45, 2.75) is 6.18 Å². The van der Waals surface area contributed by atoms with Crippen LogP contribution in [0.15, 0.2) is 8.96 Å². The van der Waals surface area contributed by atoms with Crippen molar-refractivity contribution in [1.29, 1.82) is 0 Å². The lowest BCUT2D eigenvalue weighted by molar-refractivity contribution is -0.108. The monoisotopic (exact) mass is 326 g/mol. The van der Waals surface area contributed by atoms with Crippen molar-refractivity contribution >= 4 is 31.9 Å². The van der Waals surface area contributed by atoms with Crippen LogP contribution in [0.3, 0.4) is 0 Å². The molecular formula is C6H7Br2F3O2. The molecule has 0 aliphatic heterocycles. The molecule has 13 heavy (non-hydrogen) atoms. The molecule has 0 aromatic rings. The van der Waals surface area contributed by atoms with Gasteiger partial charge in [-0.25, -0.2) is 0 Å². The van der Waals surface area contributed by atoms with Crippen molar-refractivity contribution in [2.24, 2.45) is 0 Å². The maximum Gasteiger partial charge on any atom is 0.416 e. The highest BCUT2D eigenvalue weighted by Crippen LogP contribution is 2.33. The number of methoxy groups -OCH3 is 1. The van der Waals surface area contributed by atoms with Gasteiger partial charge in [0.1, 0.15) is 6.79 Å². The first-order valence-corrected chi connectivity index (χ1v) is 4.66. The second-order valence-corrected chi connectivity index (χ2v) is 4.64. The van der Waals surface area contributed by atoms with Crippen LogP contribution in [0.25, 0.3) is 0 Å². The first-order chi connectivity index (χ1) is 5.89. The van der Waals surface area contributed by atoms with E-state index in [0.717, 1.165) is 0 Å². The van der Waals surface area contributed by atoms with Crippen LogP contribution in [-0.2, 0) is 9.47 Å². The Kier molecular flexibility index (Phi) is 6.19. The number of halogens is 5. The van der Waals surface area contributed by atoms with E-state index in [1.807, 2.05) is 0 Å².